The molecular formula is C15H17N3O2S. The monoisotopic (exact) mass is 303 g/mol. The Morgan fingerprint density at radius 2 is 1.86 bits per heavy atom. The van der Waals surface area contributed by atoms with Crippen molar-refractivity contribution in [3.8, 4) is 5.75 Å². The molecule has 1 amide bonds. The molecule has 0 radical (unpaired) electrons. The van der Waals surface area contributed by atoms with Crippen molar-refractivity contribution in [1.82, 2.24) is 16.2 Å². The summed E-state index contributed by atoms with van der Waals surface area (Å²) in [5.74, 6) is 0.341. The molecule has 0 unspecified atom stereocenters. The molecule has 1 atom stereocenters. The maximum atomic E-state index is 11.8. The number of nitrogens with one attached hydrogen (secondary N) is 3. The van der Waals surface area contributed by atoms with E-state index in [9.17, 15) is 4.79 Å². The molecule has 0 aliphatic rings. The van der Waals surface area contributed by atoms with E-state index in [1.807, 2.05) is 42.5 Å². The van der Waals surface area contributed by atoms with Crippen LogP contribution in [0.2, 0.25) is 0 Å². The van der Waals surface area contributed by atoms with Gasteiger partial charge in [-0.15, -0.1) is 0 Å². The van der Waals surface area contributed by atoms with Crippen molar-refractivity contribution in [2.75, 3.05) is 7.05 Å². The smallest absolute Gasteiger partial charge is 0.279 e. The van der Waals surface area contributed by atoms with Crippen LogP contribution in [-0.2, 0) is 4.79 Å². The topological polar surface area (TPSA) is 62.4 Å². The molecule has 110 valence electrons. The fraction of sp³-hybridized carbons (Fsp3) is 0.200. The van der Waals surface area contributed by atoms with Crippen molar-refractivity contribution >= 4 is 34.0 Å². The van der Waals surface area contributed by atoms with Crippen LogP contribution in [0.5, 0.6) is 5.75 Å². The molecule has 5 nitrogen and oxygen atoms in total. The average molecular weight is 303 g/mol. The summed E-state index contributed by atoms with van der Waals surface area (Å²) in [6.45, 7) is 1.68. The van der Waals surface area contributed by atoms with Crippen LogP contribution >= 0.6 is 12.2 Å². The second-order valence-electron chi connectivity index (χ2n) is 4.46. The molecule has 0 bridgehead atoms. The number of rotatable bonds is 3. The number of hydrazine groups is 1. The molecule has 21 heavy (non-hydrogen) atoms. The lowest BCUT2D eigenvalue weighted by atomic mass is 10.1. The van der Waals surface area contributed by atoms with Crippen LogP contribution in [-0.4, -0.2) is 24.2 Å². The van der Waals surface area contributed by atoms with Gasteiger partial charge >= 0.3 is 0 Å². The highest BCUT2D eigenvalue weighted by Crippen LogP contribution is 2.21. The van der Waals surface area contributed by atoms with E-state index in [0.29, 0.717) is 10.9 Å². The van der Waals surface area contributed by atoms with Gasteiger partial charge in [0.15, 0.2) is 11.2 Å². The van der Waals surface area contributed by atoms with Gasteiger partial charge in [-0.2, -0.15) is 0 Å². The molecule has 0 saturated carbocycles. The maximum Gasteiger partial charge on any atom is 0.279 e. The summed E-state index contributed by atoms with van der Waals surface area (Å²) in [4.78, 5) is 11.8. The summed E-state index contributed by atoms with van der Waals surface area (Å²) in [5.41, 5.74) is 5.04. The van der Waals surface area contributed by atoms with E-state index >= 15 is 0 Å². The van der Waals surface area contributed by atoms with Gasteiger partial charge in [0, 0.05) is 7.05 Å². The first-order valence-electron chi connectivity index (χ1n) is 6.53. The van der Waals surface area contributed by atoms with Crippen LogP contribution in [0.15, 0.2) is 42.5 Å². The molecule has 0 spiro atoms. The largest absolute Gasteiger partial charge is 0.481 e. The third-order valence-corrected chi connectivity index (χ3v) is 3.24. The van der Waals surface area contributed by atoms with Crippen molar-refractivity contribution in [3.05, 3.63) is 42.5 Å². The van der Waals surface area contributed by atoms with Gasteiger partial charge in [0.25, 0.3) is 5.91 Å². The molecule has 2 aromatic rings. The van der Waals surface area contributed by atoms with Crippen molar-refractivity contribution in [3.63, 3.8) is 0 Å². The average Bonchev–Trinajstić information content (AvgIpc) is 2.51. The molecular weight excluding hydrogens is 286 g/mol. The highest BCUT2D eigenvalue weighted by molar-refractivity contribution is 7.80. The standard InChI is InChI=1S/C15H17N3O2S/c1-10(14(19)17-18-15(21)16-2)20-13-8-7-11-5-3-4-6-12(11)9-13/h3-10H,1-2H3,(H,17,19)(H2,16,18,21)/t10-/m1/s1. The van der Waals surface area contributed by atoms with Gasteiger partial charge in [-0.25, -0.2) is 0 Å². The number of carbonyl (C=O) groups is 1. The van der Waals surface area contributed by atoms with Crippen LogP contribution in [0.1, 0.15) is 6.92 Å². The zero-order valence-electron chi connectivity index (χ0n) is 11.8. The number of thiocarbonyl (C=S) groups is 1. The van der Waals surface area contributed by atoms with E-state index < -0.39 is 6.10 Å². The summed E-state index contributed by atoms with van der Waals surface area (Å²) < 4.78 is 5.63. The highest BCUT2D eigenvalue weighted by atomic mass is 32.1. The van der Waals surface area contributed by atoms with Crippen LogP contribution in [0.3, 0.4) is 0 Å². The summed E-state index contributed by atoms with van der Waals surface area (Å²) in [5, 5.41) is 5.22. The lowest BCUT2D eigenvalue weighted by Crippen LogP contribution is -2.49. The van der Waals surface area contributed by atoms with Gasteiger partial charge in [0.05, 0.1) is 0 Å². The number of ether oxygens (including phenoxy) is 1. The second-order valence-corrected chi connectivity index (χ2v) is 4.87. The number of hydrogen-bond acceptors (Lipinski definition) is 3. The lowest BCUT2D eigenvalue weighted by Gasteiger charge is -2.16. The molecule has 0 heterocycles. The summed E-state index contributed by atoms with van der Waals surface area (Å²) in [7, 11) is 1.66. The van der Waals surface area contributed by atoms with Gasteiger partial charge in [0.2, 0.25) is 0 Å². The lowest BCUT2D eigenvalue weighted by molar-refractivity contribution is -0.127. The Balaban J connectivity index is 1.98. The number of fused-ring (bicyclic) bond motifs is 1. The predicted octanol–water partition coefficient (Wildman–Crippen LogP) is 1.73. The van der Waals surface area contributed by atoms with Crippen molar-refractivity contribution < 1.29 is 9.53 Å². The van der Waals surface area contributed by atoms with E-state index in [2.05, 4.69) is 16.2 Å². The molecule has 0 aliphatic heterocycles. The number of benzene rings is 2. The van der Waals surface area contributed by atoms with Crippen molar-refractivity contribution in [1.29, 1.82) is 0 Å². The van der Waals surface area contributed by atoms with Gasteiger partial charge in [-0.1, -0.05) is 30.3 Å². The Bertz CT molecular complexity index is 660. The zero-order valence-corrected chi connectivity index (χ0v) is 12.7. The fourth-order valence-corrected chi connectivity index (χ4v) is 1.83. The number of amides is 1. The van der Waals surface area contributed by atoms with Gasteiger partial charge in [-0.05, 0) is 42.0 Å². The SMILES string of the molecule is CNC(=S)NNC(=O)[C@@H](C)Oc1ccc2ccccc2c1. The number of carbonyl (C=O) groups excluding carboxylic acids is 1. The van der Waals surface area contributed by atoms with Gasteiger partial charge in [0.1, 0.15) is 5.75 Å². The van der Waals surface area contributed by atoms with E-state index in [-0.39, 0.29) is 5.91 Å². The summed E-state index contributed by atoms with van der Waals surface area (Å²) in [6.07, 6.45) is -0.640. The minimum atomic E-state index is -0.640. The van der Waals surface area contributed by atoms with Crippen molar-refractivity contribution in [2.45, 2.75) is 13.0 Å². The molecule has 2 aromatic carbocycles. The second kappa shape index (κ2) is 6.90. The first-order chi connectivity index (χ1) is 10.1. The van der Waals surface area contributed by atoms with E-state index in [0.717, 1.165) is 10.8 Å². The highest BCUT2D eigenvalue weighted by Gasteiger charge is 2.14. The van der Waals surface area contributed by atoms with Gasteiger partial charge in [-0.3, -0.25) is 15.6 Å². The Kier molecular flexibility index (Phi) is 4.94. The minimum absolute atomic E-state index is 0.305. The Morgan fingerprint density at radius 3 is 2.57 bits per heavy atom. The van der Waals surface area contributed by atoms with Crippen LogP contribution < -0.4 is 20.9 Å². The third-order valence-electron chi connectivity index (χ3n) is 2.93. The third kappa shape index (κ3) is 4.06. The Morgan fingerprint density at radius 1 is 1.14 bits per heavy atom. The van der Waals surface area contributed by atoms with Crippen LogP contribution in [0, 0.1) is 0 Å². The molecule has 0 aromatic heterocycles. The summed E-state index contributed by atoms with van der Waals surface area (Å²) in [6, 6.07) is 13.7. The maximum absolute atomic E-state index is 11.8. The normalized spacial score (nSPS) is 11.5. The van der Waals surface area contributed by atoms with Crippen LogP contribution in [0.25, 0.3) is 10.8 Å². The zero-order chi connectivity index (χ0) is 15.2. The molecule has 0 saturated heterocycles. The molecule has 0 aliphatic carbocycles. The fourth-order valence-electron chi connectivity index (χ4n) is 1.78. The van der Waals surface area contributed by atoms with Crippen molar-refractivity contribution in [2.24, 2.45) is 0 Å². The first-order valence-corrected chi connectivity index (χ1v) is 6.94. The minimum Gasteiger partial charge on any atom is -0.481 e. The molecule has 0 fully saturated rings. The quantitative estimate of drug-likeness (QED) is 0.595. The van der Waals surface area contributed by atoms with E-state index in [1.165, 1.54) is 0 Å². The Hall–Kier alpha value is -2.34. The van der Waals surface area contributed by atoms with E-state index in [4.69, 9.17) is 17.0 Å². The summed E-state index contributed by atoms with van der Waals surface area (Å²) >= 11 is 4.87. The predicted molar refractivity (Wildman–Crippen MR) is 87.0 cm³/mol. The first kappa shape index (κ1) is 15.1. The molecule has 3 N–H and O–H groups in total. The van der Waals surface area contributed by atoms with Gasteiger partial charge < -0.3 is 10.1 Å². The Labute approximate surface area is 128 Å². The molecule has 6 heteroatoms. The number of hydrogen-bond donors (Lipinski definition) is 3. The van der Waals surface area contributed by atoms with Crippen LogP contribution in [0.4, 0.5) is 0 Å². The van der Waals surface area contributed by atoms with E-state index in [1.54, 1.807) is 14.0 Å². The molecule has 2 rings (SSSR count).